The van der Waals surface area contributed by atoms with Crippen molar-refractivity contribution in [1.82, 2.24) is 9.62 Å². The van der Waals surface area contributed by atoms with Gasteiger partial charge in [-0.2, -0.15) is 4.72 Å². The largest absolute Gasteiger partial charge is 0.378 e. The van der Waals surface area contributed by atoms with E-state index < -0.39 is 16.1 Å². The number of aryl methyl sites for hydroxylation is 1. The highest BCUT2D eigenvalue weighted by atomic mass is 32.2. The molecule has 0 aromatic heterocycles. The Bertz CT molecular complexity index is 878. The van der Waals surface area contributed by atoms with Crippen molar-refractivity contribution < 1.29 is 17.9 Å². The van der Waals surface area contributed by atoms with Gasteiger partial charge in [-0.3, -0.25) is 4.79 Å². The Morgan fingerprint density at radius 2 is 1.81 bits per heavy atom. The summed E-state index contributed by atoms with van der Waals surface area (Å²) in [5, 5.41) is 0. The number of ether oxygens (including phenoxy) is 1. The molecule has 1 N–H and O–H groups in total. The summed E-state index contributed by atoms with van der Waals surface area (Å²) in [6.45, 7) is 3.76. The number of nitrogens with zero attached hydrogens (tertiary/aromatic N) is 1. The number of sulfonamides is 1. The minimum Gasteiger partial charge on any atom is -0.378 e. The van der Waals surface area contributed by atoms with Gasteiger partial charge in [0.25, 0.3) is 0 Å². The van der Waals surface area contributed by atoms with E-state index in [1.165, 1.54) is 0 Å². The van der Waals surface area contributed by atoms with E-state index in [0.717, 1.165) is 5.56 Å². The number of nitrogens with one attached hydrogen (secondary N) is 1. The molecule has 0 saturated carbocycles. The second kappa shape index (κ2) is 8.65. The Morgan fingerprint density at radius 3 is 2.48 bits per heavy atom. The van der Waals surface area contributed by atoms with E-state index in [1.807, 2.05) is 31.2 Å². The lowest BCUT2D eigenvalue weighted by Crippen LogP contribution is -2.47. The van der Waals surface area contributed by atoms with Crippen LogP contribution in [0.25, 0.3) is 0 Å². The predicted molar refractivity (Wildman–Crippen MR) is 104 cm³/mol. The summed E-state index contributed by atoms with van der Waals surface area (Å²) >= 11 is 0. The maximum atomic E-state index is 13.0. The standard InChI is InChI=1S/C20H24N2O4S/c1-16-6-5-7-17(14-16)15-27(24,25)21-19(18-8-3-2-4-9-18)20(23)22-10-12-26-13-11-22/h2-9,14,19,21H,10-13,15H2,1H3/t19-/m0/s1. The summed E-state index contributed by atoms with van der Waals surface area (Å²) in [5.41, 5.74) is 2.31. The van der Waals surface area contributed by atoms with Gasteiger partial charge in [0.2, 0.25) is 15.9 Å². The minimum absolute atomic E-state index is 0.172. The van der Waals surface area contributed by atoms with Crippen LogP contribution in [0, 0.1) is 6.92 Å². The Balaban J connectivity index is 1.83. The minimum atomic E-state index is -3.71. The van der Waals surface area contributed by atoms with E-state index in [1.54, 1.807) is 35.2 Å². The monoisotopic (exact) mass is 388 g/mol. The van der Waals surface area contributed by atoms with E-state index in [2.05, 4.69) is 4.72 Å². The van der Waals surface area contributed by atoms with E-state index in [-0.39, 0.29) is 11.7 Å². The molecule has 0 unspecified atom stereocenters. The van der Waals surface area contributed by atoms with E-state index in [0.29, 0.717) is 37.4 Å². The van der Waals surface area contributed by atoms with E-state index in [9.17, 15) is 13.2 Å². The number of hydrogen-bond acceptors (Lipinski definition) is 4. The summed E-state index contributed by atoms with van der Waals surface area (Å²) in [7, 11) is -3.71. The first kappa shape index (κ1) is 19.5. The van der Waals surface area contributed by atoms with Crippen LogP contribution >= 0.6 is 0 Å². The van der Waals surface area contributed by atoms with Gasteiger partial charge in [-0.05, 0) is 18.1 Å². The molecular formula is C20H24N2O4S. The molecule has 0 aliphatic carbocycles. The normalized spacial score (nSPS) is 16.1. The molecular weight excluding hydrogens is 364 g/mol. The van der Waals surface area contributed by atoms with Gasteiger partial charge in [-0.25, -0.2) is 8.42 Å². The number of rotatable bonds is 6. The fraction of sp³-hybridized carbons (Fsp3) is 0.350. The molecule has 1 aliphatic rings. The molecule has 7 heteroatoms. The highest BCUT2D eigenvalue weighted by molar-refractivity contribution is 7.88. The molecule has 2 aromatic rings. The SMILES string of the molecule is Cc1cccc(CS(=O)(=O)N[C@H](C(=O)N2CCOCC2)c2ccccc2)c1. The van der Waals surface area contributed by atoms with Crippen molar-refractivity contribution in [2.75, 3.05) is 26.3 Å². The third kappa shape index (κ3) is 5.38. The zero-order valence-corrected chi connectivity index (χ0v) is 16.1. The Hall–Kier alpha value is -2.22. The highest BCUT2D eigenvalue weighted by Crippen LogP contribution is 2.19. The van der Waals surface area contributed by atoms with Crippen LogP contribution in [0.4, 0.5) is 0 Å². The number of carbonyl (C=O) groups is 1. The maximum absolute atomic E-state index is 13.0. The van der Waals surface area contributed by atoms with Crippen molar-refractivity contribution in [2.45, 2.75) is 18.7 Å². The number of hydrogen-bond donors (Lipinski definition) is 1. The first-order valence-electron chi connectivity index (χ1n) is 8.92. The fourth-order valence-corrected chi connectivity index (χ4v) is 4.41. The Labute approximate surface area is 160 Å². The van der Waals surface area contributed by atoms with Gasteiger partial charge in [0, 0.05) is 13.1 Å². The molecule has 1 saturated heterocycles. The van der Waals surface area contributed by atoms with Crippen LogP contribution in [-0.4, -0.2) is 45.5 Å². The zero-order valence-electron chi connectivity index (χ0n) is 15.3. The zero-order chi connectivity index (χ0) is 19.3. The van der Waals surface area contributed by atoms with Crippen molar-refractivity contribution in [2.24, 2.45) is 0 Å². The van der Waals surface area contributed by atoms with Crippen LogP contribution in [0.2, 0.25) is 0 Å². The molecule has 1 amide bonds. The van der Waals surface area contributed by atoms with Crippen LogP contribution < -0.4 is 4.72 Å². The van der Waals surface area contributed by atoms with Gasteiger partial charge in [-0.15, -0.1) is 0 Å². The van der Waals surface area contributed by atoms with Crippen LogP contribution in [0.1, 0.15) is 22.7 Å². The number of amides is 1. The lowest BCUT2D eigenvalue weighted by molar-refractivity contribution is -0.137. The van der Waals surface area contributed by atoms with Gasteiger partial charge < -0.3 is 9.64 Å². The number of carbonyl (C=O) groups excluding carboxylic acids is 1. The molecule has 1 heterocycles. The van der Waals surface area contributed by atoms with Crippen LogP contribution in [0.3, 0.4) is 0 Å². The summed E-state index contributed by atoms with van der Waals surface area (Å²) in [5.74, 6) is -0.425. The average Bonchev–Trinajstić information content (AvgIpc) is 2.67. The molecule has 1 fully saturated rings. The van der Waals surface area contributed by atoms with Gasteiger partial charge >= 0.3 is 0 Å². The molecule has 2 aromatic carbocycles. The molecule has 27 heavy (non-hydrogen) atoms. The average molecular weight is 388 g/mol. The lowest BCUT2D eigenvalue weighted by Gasteiger charge is -2.30. The highest BCUT2D eigenvalue weighted by Gasteiger charge is 2.30. The second-order valence-corrected chi connectivity index (χ2v) is 8.40. The second-order valence-electron chi connectivity index (χ2n) is 6.65. The van der Waals surface area contributed by atoms with Gasteiger partial charge in [0.05, 0.1) is 19.0 Å². The lowest BCUT2D eigenvalue weighted by atomic mass is 10.1. The van der Waals surface area contributed by atoms with Gasteiger partial charge in [0.15, 0.2) is 0 Å². The molecule has 144 valence electrons. The first-order valence-corrected chi connectivity index (χ1v) is 10.6. The predicted octanol–water partition coefficient (Wildman–Crippen LogP) is 2.01. The van der Waals surface area contributed by atoms with Crippen LogP contribution in [0.5, 0.6) is 0 Å². The van der Waals surface area contributed by atoms with Crippen LogP contribution in [0.15, 0.2) is 54.6 Å². The Kier molecular flexibility index (Phi) is 6.26. The number of benzene rings is 2. The Morgan fingerprint density at radius 1 is 1.11 bits per heavy atom. The van der Waals surface area contributed by atoms with Crippen molar-refractivity contribution in [3.05, 3.63) is 71.3 Å². The quantitative estimate of drug-likeness (QED) is 0.821. The van der Waals surface area contributed by atoms with Crippen molar-refractivity contribution in [3.63, 3.8) is 0 Å². The summed E-state index contributed by atoms with van der Waals surface area (Å²) < 4.78 is 33.5. The molecule has 3 rings (SSSR count). The van der Waals surface area contributed by atoms with Crippen molar-refractivity contribution in [3.8, 4) is 0 Å². The van der Waals surface area contributed by atoms with Crippen LogP contribution in [-0.2, 0) is 25.3 Å². The fourth-order valence-electron chi connectivity index (χ4n) is 3.12. The molecule has 0 bridgehead atoms. The molecule has 0 radical (unpaired) electrons. The molecule has 1 atom stereocenters. The summed E-state index contributed by atoms with van der Waals surface area (Å²) in [6.07, 6.45) is 0. The molecule has 1 aliphatic heterocycles. The summed E-state index contributed by atoms with van der Waals surface area (Å²) in [4.78, 5) is 14.7. The van der Waals surface area contributed by atoms with Gasteiger partial charge in [0.1, 0.15) is 6.04 Å². The van der Waals surface area contributed by atoms with E-state index >= 15 is 0 Å². The third-order valence-electron chi connectivity index (χ3n) is 4.44. The van der Waals surface area contributed by atoms with Crippen molar-refractivity contribution in [1.29, 1.82) is 0 Å². The molecule has 0 spiro atoms. The van der Waals surface area contributed by atoms with E-state index in [4.69, 9.17) is 4.74 Å². The summed E-state index contributed by atoms with van der Waals surface area (Å²) in [6, 6.07) is 15.4. The third-order valence-corrected chi connectivity index (χ3v) is 5.75. The smallest absolute Gasteiger partial charge is 0.245 e. The topological polar surface area (TPSA) is 75.7 Å². The number of morpholine rings is 1. The van der Waals surface area contributed by atoms with Gasteiger partial charge in [-0.1, -0.05) is 60.2 Å². The van der Waals surface area contributed by atoms with Crippen molar-refractivity contribution >= 4 is 15.9 Å². The first-order chi connectivity index (χ1) is 12.9. The molecule has 6 nitrogen and oxygen atoms in total. The maximum Gasteiger partial charge on any atom is 0.245 e.